The van der Waals surface area contributed by atoms with Crippen LogP contribution < -0.4 is 14.8 Å². The first-order chi connectivity index (χ1) is 9.40. The maximum absolute atomic E-state index is 11.5. The molecule has 5 heteroatoms. The second-order valence-electron chi connectivity index (χ2n) is 4.87. The van der Waals surface area contributed by atoms with E-state index in [1.54, 1.807) is 25.1 Å². The highest BCUT2D eigenvalue weighted by molar-refractivity contribution is 5.85. The topological polar surface area (TPSA) is 56.8 Å². The fourth-order valence-electron chi connectivity index (χ4n) is 1.61. The van der Waals surface area contributed by atoms with Gasteiger partial charge >= 0.3 is 6.09 Å². The Hall–Kier alpha value is -1.91. The molecule has 112 valence electrons. The maximum Gasteiger partial charge on any atom is 0.411 e. The fraction of sp³-hybridized carbons (Fsp3) is 0.533. The lowest BCUT2D eigenvalue weighted by atomic mass is 10.2. The molecule has 0 radical (unpaired) electrons. The summed E-state index contributed by atoms with van der Waals surface area (Å²) in [6, 6.07) is 5.28. The van der Waals surface area contributed by atoms with Crippen molar-refractivity contribution in [3.05, 3.63) is 18.2 Å². The summed E-state index contributed by atoms with van der Waals surface area (Å²) in [6.45, 7) is 9.83. The summed E-state index contributed by atoms with van der Waals surface area (Å²) in [6.07, 6.45) is -0.413. The Morgan fingerprint density at radius 3 is 1.95 bits per heavy atom. The second kappa shape index (κ2) is 7.62. The van der Waals surface area contributed by atoms with E-state index in [9.17, 15) is 4.79 Å². The van der Waals surface area contributed by atoms with Gasteiger partial charge in [0.2, 0.25) is 0 Å². The van der Waals surface area contributed by atoms with E-state index in [0.717, 1.165) is 0 Å². The summed E-state index contributed by atoms with van der Waals surface area (Å²) in [5, 5.41) is 2.65. The van der Waals surface area contributed by atoms with Gasteiger partial charge in [-0.05, 0) is 34.6 Å². The zero-order valence-electron chi connectivity index (χ0n) is 12.7. The van der Waals surface area contributed by atoms with E-state index < -0.39 is 6.09 Å². The molecule has 20 heavy (non-hydrogen) atoms. The molecule has 1 aromatic carbocycles. The number of carbonyl (C=O) groups is 1. The number of rotatable bonds is 6. The Balaban J connectivity index is 2.93. The van der Waals surface area contributed by atoms with E-state index in [4.69, 9.17) is 14.2 Å². The van der Waals surface area contributed by atoms with Gasteiger partial charge in [-0.1, -0.05) is 0 Å². The van der Waals surface area contributed by atoms with Crippen molar-refractivity contribution in [1.29, 1.82) is 0 Å². The van der Waals surface area contributed by atoms with Gasteiger partial charge in [0.25, 0.3) is 0 Å². The molecule has 1 aromatic rings. The summed E-state index contributed by atoms with van der Waals surface area (Å²) in [5.41, 5.74) is 0.581. The first kappa shape index (κ1) is 16.1. The SMILES string of the molecule is CCOC(=O)Nc1cc(OC(C)C)cc(OC(C)C)c1. The van der Waals surface area contributed by atoms with Gasteiger partial charge in [-0.25, -0.2) is 4.79 Å². The number of nitrogens with one attached hydrogen (secondary N) is 1. The van der Waals surface area contributed by atoms with Gasteiger partial charge in [-0.3, -0.25) is 5.32 Å². The molecule has 1 amide bonds. The van der Waals surface area contributed by atoms with Crippen molar-refractivity contribution < 1.29 is 19.0 Å². The van der Waals surface area contributed by atoms with Crippen LogP contribution in [0.4, 0.5) is 10.5 Å². The van der Waals surface area contributed by atoms with Crippen LogP contribution in [-0.2, 0) is 4.74 Å². The molecular weight excluding hydrogens is 258 g/mol. The average Bonchev–Trinajstić information content (AvgIpc) is 2.26. The monoisotopic (exact) mass is 281 g/mol. The molecule has 1 N–H and O–H groups in total. The van der Waals surface area contributed by atoms with E-state index in [1.165, 1.54) is 0 Å². The molecule has 1 rings (SSSR count). The molecule has 0 saturated heterocycles. The van der Waals surface area contributed by atoms with Crippen molar-refractivity contribution in [2.24, 2.45) is 0 Å². The van der Waals surface area contributed by atoms with Crippen LogP contribution >= 0.6 is 0 Å². The molecule has 0 aliphatic heterocycles. The van der Waals surface area contributed by atoms with E-state index in [2.05, 4.69) is 5.32 Å². The number of anilines is 1. The number of hydrogen-bond donors (Lipinski definition) is 1. The van der Waals surface area contributed by atoms with Crippen LogP contribution in [0.25, 0.3) is 0 Å². The van der Waals surface area contributed by atoms with Gasteiger partial charge < -0.3 is 14.2 Å². The predicted octanol–water partition coefficient (Wildman–Crippen LogP) is 3.83. The third kappa shape index (κ3) is 5.82. The highest BCUT2D eigenvalue weighted by atomic mass is 16.5. The van der Waals surface area contributed by atoms with Gasteiger partial charge in [0, 0.05) is 18.2 Å². The summed E-state index contributed by atoms with van der Waals surface area (Å²) < 4.78 is 16.1. The minimum absolute atomic E-state index is 0.0414. The first-order valence-corrected chi connectivity index (χ1v) is 6.83. The maximum atomic E-state index is 11.5. The number of amides is 1. The zero-order valence-corrected chi connectivity index (χ0v) is 12.7. The molecule has 0 fully saturated rings. The van der Waals surface area contributed by atoms with Crippen LogP contribution in [0.3, 0.4) is 0 Å². The molecule has 0 aromatic heterocycles. The molecule has 0 saturated carbocycles. The lowest BCUT2D eigenvalue weighted by Crippen LogP contribution is -2.14. The minimum Gasteiger partial charge on any atom is -0.491 e. The second-order valence-corrected chi connectivity index (χ2v) is 4.87. The summed E-state index contributed by atoms with van der Waals surface area (Å²) >= 11 is 0. The Bertz CT molecular complexity index is 415. The number of hydrogen-bond acceptors (Lipinski definition) is 4. The lowest BCUT2D eigenvalue weighted by molar-refractivity contribution is 0.168. The molecule has 5 nitrogen and oxygen atoms in total. The van der Waals surface area contributed by atoms with Gasteiger partial charge in [-0.15, -0.1) is 0 Å². The molecule has 0 spiro atoms. The normalized spacial score (nSPS) is 10.6. The van der Waals surface area contributed by atoms with E-state index in [-0.39, 0.29) is 12.2 Å². The lowest BCUT2D eigenvalue weighted by Gasteiger charge is -2.16. The highest BCUT2D eigenvalue weighted by Crippen LogP contribution is 2.27. The van der Waals surface area contributed by atoms with Gasteiger partial charge in [0.15, 0.2) is 0 Å². The van der Waals surface area contributed by atoms with Gasteiger partial charge in [0.05, 0.1) is 24.5 Å². The number of benzene rings is 1. The van der Waals surface area contributed by atoms with Crippen LogP contribution in [0.2, 0.25) is 0 Å². The Labute approximate surface area is 120 Å². The number of carbonyl (C=O) groups excluding carboxylic acids is 1. The zero-order chi connectivity index (χ0) is 15.1. The van der Waals surface area contributed by atoms with Crippen LogP contribution in [0, 0.1) is 0 Å². The van der Waals surface area contributed by atoms with Crippen molar-refractivity contribution >= 4 is 11.8 Å². The van der Waals surface area contributed by atoms with Crippen molar-refractivity contribution in [3.8, 4) is 11.5 Å². The smallest absolute Gasteiger partial charge is 0.411 e. The van der Waals surface area contributed by atoms with E-state index in [1.807, 2.05) is 27.7 Å². The minimum atomic E-state index is -0.496. The van der Waals surface area contributed by atoms with Gasteiger partial charge in [-0.2, -0.15) is 0 Å². The Morgan fingerprint density at radius 1 is 1.05 bits per heavy atom. The summed E-state index contributed by atoms with van der Waals surface area (Å²) in [7, 11) is 0. The predicted molar refractivity (Wildman–Crippen MR) is 78.6 cm³/mol. The average molecular weight is 281 g/mol. The third-order valence-electron chi connectivity index (χ3n) is 2.15. The summed E-state index contributed by atoms with van der Waals surface area (Å²) in [5.74, 6) is 1.29. The van der Waals surface area contributed by atoms with Crippen LogP contribution in [-0.4, -0.2) is 24.9 Å². The Kier molecular flexibility index (Phi) is 6.15. The van der Waals surface area contributed by atoms with E-state index in [0.29, 0.717) is 23.8 Å². The van der Waals surface area contributed by atoms with Crippen LogP contribution in [0.1, 0.15) is 34.6 Å². The molecular formula is C15H23NO4. The van der Waals surface area contributed by atoms with Crippen molar-refractivity contribution in [2.45, 2.75) is 46.8 Å². The molecule has 0 heterocycles. The summed E-state index contributed by atoms with van der Waals surface area (Å²) in [4.78, 5) is 11.5. The van der Waals surface area contributed by atoms with Crippen molar-refractivity contribution in [1.82, 2.24) is 0 Å². The Morgan fingerprint density at radius 2 is 1.55 bits per heavy atom. The largest absolute Gasteiger partial charge is 0.491 e. The van der Waals surface area contributed by atoms with Gasteiger partial charge in [0.1, 0.15) is 11.5 Å². The fourth-order valence-corrected chi connectivity index (χ4v) is 1.61. The molecule has 0 atom stereocenters. The quantitative estimate of drug-likeness (QED) is 0.861. The number of ether oxygens (including phenoxy) is 3. The molecule has 0 aliphatic rings. The molecule has 0 unspecified atom stereocenters. The molecule has 0 bridgehead atoms. The van der Waals surface area contributed by atoms with Crippen LogP contribution in [0.5, 0.6) is 11.5 Å². The van der Waals surface area contributed by atoms with E-state index >= 15 is 0 Å². The standard InChI is InChI=1S/C15H23NO4/c1-6-18-15(17)16-12-7-13(19-10(2)3)9-14(8-12)20-11(4)5/h7-11H,6H2,1-5H3,(H,16,17). The molecule has 0 aliphatic carbocycles. The highest BCUT2D eigenvalue weighted by Gasteiger charge is 2.09. The first-order valence-electron chi connectivity index (χ1n) is 6.83. The third-order valence-corrected chi connectivity index (χ3v) is 2.15. The van der Waals surface area contributed by atoms with Crippen molar-refractivity contribution in [3.63, 3.8) is 0 Å². The van der Waals surface area contributed by atoms with Crippen molar-refractivity contribution in [2.75, 3.05) is 11.9 Å². The van der Waals surface area contributed by atoms with Crippen LogP contribution in [0.15, 0.2) is 18.2 Å².